The quantitative estimate of drug-likeness (QED) is 0.901. The molecule has 2 unspecified atom stereocenters. The van der Waals surface area contributed by atoms with Crippen LogP contribution in [0.3, 0.4) is 0 Å². The average Bonchev–Trinajstić information content (AvgIpc) is 2.39. The highest BCUT2D eigenvalue weighted by Crippen LogP contribution is 2.22. The molecular weight excluding hydrogens is 232 g/mol. The van der Waals surface area contributed by atoms with Gasteiger partial charge in [0.2, 0.25) is 0 Å². The summed E-state index contributed by atoms with van der Waals surface area (Å²) in [5.41, 5.74) is 10.2. The third-order valence-electron chi connectivity index (χ3n) is 4.51. The van der Waals surface area contributed by atoms with Crippen molar-refractivity contribution in [2.75, 3.05) is 26.2 Å². The van der Waals surface area contributed by atoms with Crippen LogP contribution in [0, 0.1) is 19.8 Å². The number of likely N-dealkylation sites (tertiary alicyclic amines) is 1. The molecule has 106 valence electrons. The molecule has 0 saturated carbocycles. The summed E-state index contributed by atoms with van der Waals surface area (Å²) < 4.78 is 0. The van der Waals surface area contributed by atoms with Gasteiger partial charge in [-0.15, -0.1) is 0 Å². The van der Waals surface area contributed by atoms with Crippen LogP contribution in [0.25, 0.3) is 0 Å². The van der Waals surface area contributed by atoms with E-state index in [0.29, 0.717) is 5.92 Å². The number of hydrogen-bond donors (Lipinski definition) is 1. The number of hydrogen-bond acceptors (Lipinski definition) is 2. The molecule has 2 atom stereocenters. The molecule has 1 fully saturated rings. The molecule has 2 heteroatoms. The van der Waals surface area contributed by atoms with E-state index in [1.807, 2.05) is 0 Å². The van der Waals surface area contributed by atoms with Crippen molar-refractivity contribution >= 4 is 0 Å². The van der Waals surface area contributed by atoms with Crippen LogP contribution in [0.15, 0.2) is 18.2 Å². The average molecular weight is 260 g/mol. The monoisotopic (exact) mass is 260 g/mol. The van der Waals surface area contributed by atoms with Gasteiger partial charge in [0.15, 0.2) is 0 Å². The van der Waals surface area contributed by atoms with Gasteiger partial charge in [0.1, 0.15) is 0 Å². The lowest BCUT2D eigenvalue weighted by molar-refractivity contribution is 0.175. The summed E-state index contributed by atoms with van der Waals surface area (Å²) >= 11 is 0. The SMILES string of the molecule is Cc1ccc(C(CN)CN2CCCC(C)C2)cc1C. The van der Waals surface area contributed by atoms with E-state index in [2.05, 4.69) is 43.9 Å². The summed E-state index contributed by atoms with van der Waals surface area (Å²) in [5, 5.41) is 0. The smallest absolute Gasteiger partial charge is 0.00889 e. The second-order valence-corrected chi connectivity index (χ2v) is 6.28. The number of benzene rings is 1. The molecule has 2 rings (SSSR count). The molecule has 0 bridgehead atoms. The Kier molecular flexibility index (Phi) is 5.00. The molecule has 0 spiro atoms. The van der Waals surface area contributed by atoms with Crippen LogP contribution < -0.4 is 5.73 Å². The topological polar surface area (TPSA) is 29.3 Å². The van der Waals surface area contributed by atoms with Gasteiger partial charge in [-0.1, -0.05) is 25.1 Å². The van der Waals surface area contributed by atoms with Crippen LogP contribution in [-0.4, -0.2) is 31.1 Å². The Labute approximate surface area is 118 Å². The van der Waals surface area contributed by atoms with Crippen LogP contribution >= 0.6 is 0 Å². The number of rotatable bonds is 4. The maximum atomic E-state index is 6.02. The Hall–Kier alpha value is -0.860. The molecule has 1 aliphatic heterocycles. The molecule has 1 aromatic rings. The van der Waals surface area contributed by atoms with Gasteiger partial charge in [-0.05, 0) is 55.8 Å². The Morgan fingerprint density at radius 3 is 2.74 bits per heavy atom. The van der Waals surface area contributed by atoms with Crippen LogP contribution in [0.1, 0.15) is 42.4 Å². The molecule has 2 nitrogen and oxygen atoms in total. The van der Waals surface area contributed by atoms with Gasteiger partial charge < -0.3 is 10.6 Å². The normalized spacial score (nSPS) is 22.4. The molecule has 2 N–H and O–H groups in total. The van der Waals surface area contributed by atoms with E-state index in [-0.39, 0.29) is 0 Å². The molecule has 19 heavy (non-hydrogen) atoms. The van der Waals surface area contributed by atoms with Crippen molar-refractivity contribution in [3.63, 3.8) is 0 Å². The van der Waals surface area contributed by atoms with Crippen LogP contribution in [0.5, 0.6) is 0 Å². The van der Waals surface area contributed by atoms with Crippen molar-refractivity contribution in [1.29, 1.82) is 0 Å². The van der Waals surface area contributed by atoms with Gasteiger partial charge in [-0.25, -0.2) is 0 Å². The summed E-state index contributed by atoms with van der Waals surface area (Å²) in [5.74, 6) is 1.32. The number of nitrogens with zero attached hydrogens (tertiary/aromatic N) is 1. The second kappa shape index (κ2) is 6.53. The van der Waals surface area contributed by atoms with Crippen LogP contribution in [-0.2, 0) is 0 Å². The summed E-state index contributed by atoms with van der Waals surface area (Å²) in [4.78, 5) is 2.60. The minimum atomic E-state index is 0.476. The van der Waals surface area contributed by atoms with E-state index in [4.69, 9.17) is 5.73 Å². The molecule has 1 aromatic carbocycles. The first-order valence-electron chi connectivity index (χ1n) is 7.59. The fourth-order valence-electron chi connectivity index (χ4n) is 3.10. The van der Waals surface area contributed by atoms with Crippen molar-refractivity contribution in [3.8, 4) is 0 Å². The highest BCUT2D eigenvalue weighted by atomic mass is 15.1. The fourth-order valence-corrected chi connectivity index (χ4v) is 3.10. The minimum absolute atomic E-state index is 0.476. The lowest BCUT2D eigenvalue weighted by Crippen LogP contribution is -2.38. The zero-order chi connectivity index (χ0) is 13.8. The Morgan fingerprint density at radius 2 is 2.11 bits per heavy atom. The largest absolute Gasteiger partial charge is 0.330 e. The van der Waals surface area contributed by atoms with E-state index in [9.17, 15) is 0 Å². The number of piperidine rings is 1. The number of nitrogens with two attached hydrogens (primary N) is 1. The highest BCUT2D eigenvalue weighted by molar-refractivity contribution is 5.32. The van der Waals surface area contributed by atoms with Gasteiger partial charge in [-0.3, -0.25) is 0 Å². The van der Waals surface area contributed by atoms with Crippen molar-refractivity contribution in [3.05, 3.63) is 34.9 Å². The first-order chi connectivity index (χ1) is 9.10. The highest BCUT2D eigenvalue weighted by Gasteiger charge is 2.20. The van der Waals surface area contributed by atoms with Gasteiger partial charge in [0.05, 0.1) is 0 Å². The lowest BCUT2D eigenvalue weighted by Gasteiger charge is -2.33. The van der Waals surface area contributed by atoms with E-state index in [1.54, 1.807) is 0 Å². The molecule has 0 aromatic heterocycles. The van der Waals surface area contributed by atoms with Crippen molar-refractivity contribution < 1.29 is 0 Å². The molecule has 0 amide bonds. The van der Waals surface area contributed by atoms with Crippen LogP contribution in [0.2, 0.25) is 0 Å². The number of aryl methyl sites for hydroxylation is 2. The Morgan fingerprint density at radius 1 is 1.32 bits per heavy atom. The molecule has 0 aliphatic carbocycles. The lowest BCUT2D eigenvalue weighted by atomic mass is 9.93. The molecule has 1 saturated heterocycles. The predicted octanol–water partition coefficient (Wildman–Crippen LogP) is 3.08. The van der Waals surface area contributed by atoms with Crippen LogP contribution in [0.4, 0.5) is 0 Å². The minimum Gasteiger partial charge on any atom is -0.330 e. The van der Waals surface area contributed by atoms with Gasteiger partial charge >= 0.3 is 0 Å². The Balaban J connectivity index is 2.04. The van der Waals surface area contributed by atoms with Gasteiger partial charge in [0, 0.05) is 25.6 Å². The summed E-state index contributed by atoms with van der Waals surface area (Å²) in [6.45, 7) is 11.1. The molecule has 1 aliphatic rings. The van der Waals surface area contributed by atoms with E-state index in [0.717, 1.165) is 19.0 Å². The molecule has 1 heterocycles. The Bertz CT molecular complexity index is 414. The van der Waals surface area contributed by atoms with Gasteiger partial charge in [0.25, 0.3) is 0 Å². The van der Waals surface area contributed by atoms with E-state index in [1.165, 1.54) is 42.6 Å². The zero-order valence-corrected chi connectivity index (χ0v) is 12.7. The summed E-state index contributed by atoms with van der Waals surface area (Å²) in [7, 11) is 0. The predicted molar refractivity (Wildman–Crippen MR) is 82.5 cm³/mol. The fraction of sp³-hybridized carbons (Fsp3) is 0.647. The maximum Gasteiger partial charge on any atom is 0.00889 e. The van der Waals surface area contributed by atoms with Gasteiger partial charge in [-0.2, -0.15) is 0 Å². The first-order valence-corrected chi connectivity index (χ1v) is 7.59. The maximum absolute atomic E-state index is 6.02. The summed E-state index contributed by atoms with van der Waals surface area (Å²) in [6, 6.07) is 6.81. The molecular formula is C17H28N2. The van der Waals surface area contributed by atoms with Crippen molar-refractivity contribution in [2.45, 2.75) is 39.5 Å². The standard InChI is InChI=1S/C17H28N2/c1-13-5-4-8-19(11-13)12-17(10-18)16-7-6-14(2)15(3)9-16/h6-7,9,13,17H,4-5,8,10-12,18H2,1-3H3. The van der Waals surface area contributed by atoms with Crippen molar-refractivity contribution in [2.24, 2.45) is 11.7 Å². The van der Waals surface area contributed by atoms with E-state index >= 15 is 0 Å². The van der Waals surface area contributed by atoms with E-state index < -0.39 is 0 Å². The molecule has 0 radical (unpaired) electrons. The van der Waals surface area contributed by atoms with Crippen molar-refractivity contribution in [1.82, 2.24) is 4.90 Å². The second-order valence-electron chi connectivity index (χ2n) is 6.28. The third kappa shape index (κ3) is 3.80. The third-order valence-corrected chi connectivity index (χ3v) is 4.51. The zero-order valence-electron chi connectivity index (χ0n) is 12.7. The first kappa shape index (κ1) is 14.5. The summed E-state index contributed by atoms with van der Waals surface area (Å²) in [6.07, 6.45) is 2.72.